The van der Waals surface area contributed by atoms with Crippen molar-refractivity contribution in [2.75, 3.05) is 11.9 Å². The second kappa shape index (κ2) is 7.45. The molecule has 1 aliphatic rings. The number of thioether (sulfide) groups is 1. The molecule has 1 fully saturated rings. The van der Waals surface area contributed by atoms with Gasteiger partial charge in [-0.2, -0.15) is 4.98 Å². The van der Waals surface area contributed by atoms with Gasteiger partial charge in [0, 0.05) is 10.7 Å². The Balaban J connectivity index is 2.08. The van der Waals surface area contributed by atoms with Gasteiger partial charge in [-0.3, -0.25) is 14.7 Å². The van der Waals surface area contributed by atoms with E-state index in [1.807, 2.05) is 13.8 Å². The van der Waals surface area contributed by atoms with Gasteiger partial charge in [0.1, 0.15) is 6.33 Å². The van der Waals surface area contributed by atoms with E-state index < -0.39 is 11.1 Å². The van der Waals surface area contributed by atoms with Crippen LogP contribution in [0.1, 0.15) is 59.3 Å². The Bertz CT molecular complexity index is 681. The molecule has 8 heteroatoms. The molecule has 140 valence electrons. The zero-order valence-corrected chi connectivity index (χ0v) is 16.4. The van der Waals surface area contributed by atoms with Crippen molar-refractivity contribution in [2.24, 2.45) is 10.8 Å². The van der Waals surface area contributed by atoms with Crippen LogP contribution >= 0.6 is 11.8 Å². The van der Waals surface area contributed by atoms with Crippen molar-refractivity contribution in [3.8, 4) is 0 Å². The van der Waals surface area contributed by atoms with Crippen LogP contribution in [0.2, 0.25) is 0 Å². The van der Waals surface area contributed by atoms with Gasteiger partial charge in [0.15, 0.2) is 0 Å². The molecule has 1 aromatic heterocycles. The minimum Gasteiger partial charge on any atom is -0.395 e. The normalized spacial score (nSPS) is 21.4. The van der Waals surface area contributed by atoms with Crippen molar-refractivity contribution in [2.45, 2.75) is 64.5 Å². The highest BCUT2D eigenvalue weighted by atomic mass is 32.2. The largest absolute Gasteiger partial charge is 0.395 e. The summed E-state index contributed by atoms with van der Waals surface area (Å²) in [6.07, 6.45) is 3.78. The monoisotopic (exact) mass is 368 g/mol. The maximum atomic E-state index is 12.5. The van der Waals surface area contributed by atoms with E-state index in [2.05, 4.69) is 36.1 Å². The first-order valence-electron chi connectivity index (χ1n) is 8.55. The first kappa shape index (κ1) is 19.9. The molecule has 2 rings (SSSR count). The lowest BCUT2D eigenvalue weighted by atomic mass is 9.76. The van der Waals surface area contributed by atoms with Crippen LogP contribution in [0.5, 0.6) is 0 Å². The molecule has 7 nitrogen and oxygen atoms in total. The summed E-state index contributed by atoms with van der Waals surface area (Å²) in [4.78, 5) is 32.8. The maximum absolute atomic E-state index is 12.5. The highest BCUT2D eigenvalue weighted by molar-refractivity contribution is 8.00. The third-order valence-electron chi connectivity index (χ3n) is 4.14. The van der Waals surface area contributed by atoms with Crippen molar-refractivity contribution in [3.63, 3.8) is 0 Å². The van der Waals surface area contributed by atoms with E-state index in [9.17, 15) is 14.7 Å². The molecule has 25 heavy (non-hydrogen) atoms. The Morgan fingerprint density at radius 3 is 2.56 bits per heavy atom. The number of aromatic nitrogens is 3. The molecule has 0 aromatic carbocycles. The fourth-order valence-electron chi connectivity index (χ4n) is 3.30. The van der Waals surface area contributed by atoms with Crippen molar-refractivity contribution in [3.05, 3.63) is 16.8 Å². The maximum Gasteiger partial charge on any atom is 0.353 e. The molecule has 1 saturated heterocycles. The topological polar surface area (TPSA) is 97.1 Å². The SMILES string of the molecule is CC(C)(C)CC(C)(C)C(=O)Nc1ncn([C@H]2CC[C@@H](CO)S2)c(=O)n1. The van der Waals surface area contributed by atoms with Gasteiger partial charge >= 0.3 is 5.69 Å². The van der Waals surface area contributed by atoms with Crippen LogP contribution in [0.25, 0.3) is 0 Å². The lowest BCUT2D eigenvalue weighted by Gasteiger charge is -2.30. The second-order valence-corrected chi connectivity index (χ2v) is 9.90. The molecule has 2 N–H and O–H groups in total. The predicted molar refractivity (Wildman–Crippen MR) is 99.5 cm³/mol. The molecule has 0 aliphatic carbocycles. The number of aliphatic hydroxyl groups excluding tert-OH is 1. The number of carbonyl (C=O) groups excluding carboxylic acids is 1. The molecule has 1 aromatic rings. The van der Waals surface area contributed by atoms with Crippen LogP contribution in [0.15, 0.2) is 11.1 Å². The quantitative estimate of drug-likeness (QED) is 0.828. The molecule has 0 spiro atoms. The van der Waals surface area contributed by atoms with Crippen molar-refractivity contribution >= 4 is 23.6 Å². The van der Waals surface area contributed by atoms with Gasteiger partial charge in [-0.25, -0.2) is 9.78 Å². The highest BCUT2D eigenvalue weighted by Gasteiger charge is 2.33. The molecular weight excluding hydrogens is 340 g/mol. The summed E-state index contributed by atoms with van der Waals surface area (Å²) >= 11 is 1.55. The third-order valence-corrected chi connectivity index (χ3v) is 5.68. The minimum absolute atomic E-state index is 0.00798. The number of amides is 1. The predicted octanol–water partition coefficient (Wildman–Crippen LogP) is 2.43. The van der Waals surface area contributed by atoms with E-state index in [0.29, 0.717) is 6.42 Å². The van der Waals surface area contributed by atoms with E-state index >= 15 is 0 Å². The number of hydrogen-bond donors (Lipinski definition) is 2. The van der Waals surface area contributed by atoms with Gasteiger partial charge in [0.25, 0.3) is 0 Å². The minimum atomic E-state index is -0.591. The second-order valence-electron chi connectivity index (χ2n) is 8.42. The Morgan fingerprint density at radius 2 is 2.04 bits per heavy atom. The standard InChI is InChI=1S/C17H28N4O3S/c1-16(2,3)9-17(4,5)13(23)19-14-18-10-21(15(24)20-14)12-7-6-11(8-22)25-12/h10-12,22H,6-9H2,1-5H3,(H,19,20,23,24)/t11-,12+/m0/s1. The molecule has 0 radical (unpaired) electrons. The van der Waals surface area contributed by atoms with Gasteiger partial charge < -0.3 is 5.11 Å². The number of nitrogens with zero attached hydrogens (tertiary/aromatic N) is 3. The average Bonchev–Trinajstić information content (AvgIpc) is 2.93. The van der Waals surface area contributed by atoms with Gasteiger partial charge in [0.2, 0.25) is 11.9 Å². The van der Waals surface area contributed by atoms with Crippen LogP contribution in [-0.2, 0) is 4.79 Å². The molecule has 0 bridgehead atoms. The van der Waals surface area contributed by atoms with E-state index in [-0.39, 0.29) is 34.5 Å². The summed E-state index contributed by atoms with van der Waals surface area (Å²) in [5, 5.41) is 12.0. The van der Waals surface area contributed by atoms with Gasteiger partial charge in [0.05, 0.1) is 12.0 Å². The van der Waals surface area contributed by atoms with Crippen molar-refractivity contribution in [1.82, 2.24) is 14.5 Å². The summed E-state index contributed by atoms with van der Waals surface area (Å²) in [6.45, 7) is 10.1. The van der Waals surface area contributed by atoms with Crippen molar-refractivity contribution in [1.29, 1.82) is 0 Å². The summed E-state index contributed by atoms with van der Waals surface area (Å²) in [5.41, 5.74) is -1.02. The zero-order chi connectivity index (χ0) is 18.8. The van der Waals surface area contributed by atoms with Crippen LogP contribution in [0.3, 0.4) is 0 Å². The Hall–Kier alpha value is -1.41. The third kappa shape index (κ3) is 5.28. The molecule has 0 saturated carbocycles. The molecule has 2 atom stereocenters. The lowest BCUT2D eigenvalue weighted by molar-refractivity contribution is -0.125. The van der Waals surface area contributed by atoms with Crippen molar-refractivity contribution < 1.29 is 9.90 Å². The molecular formula is C17H28N4O3S. The molecule has 2 heterocycles. The van der Waals surface area contributed by atoms with Crippen LogP contribution in [0, 0.1) is 10.8 Å². The van der Waals surface area contributed by atoms with Crippen LogP contribution in [-0.4, -0.2) is 37.4 Å². The number of anilines is 1. The number of carbonyl (C=O) groups is 1. The summed E-state index contributed by atoms with van der Waals surface area (Å²) in [6, 6.07) is 0. The van der Waals surface area contributed by atoms with Gasteiger partial charge in [-0.05, 0) is 24.7 Å². The van der Waals surface area contributed by atoms with Gasteiger partial charge in [-0.1, -0.05) is 34.6 Å². The number of rotatable bonds is 5. The molecule has 1 aliphatic heterocycles. The smallest absolute Gasteiger partial charge is 0.353 e. The number of aliphatic hydroxyl groups is 1. The van der Waals surface area contributed by atoms with Crippen LogP contribution in [0.4, 0.5) is 5.95 Å². The molecule has 0 unspecified atom stereocenters. The first-order valence-corrected chi connectivity index (χ1v) is 9.49. The lowest BCUT2D eigenvalue weighted by Crippen LogP contribution is -2.36. The summed E-state index contributed by atoms with van der Waals surface area (Å²) in [5.74, 6) is -0.162. The molecule has 1 amide bonds. The Kier molecular flexibility index (Phi) is 5.93. The fraction of sp³-hybridized carbons (Fsp3) is 0.765. The Morgan fingerprint density at radius 1 is 1.36 bits per heavy atom. The van der Waals surface area contributed by atoms with E-state index in [0.717, 1.165) is 12.8 Å². The first-order chi connectivity index (χ1) is 11.5. The number of nitrogens with one attached hydrogen (secondary N) is 1. The summed E-state index contributed by atoms with van der Waals surface area (Å²) < 4.78 is 1.47. The van der Waals surface area contributed by atoms with E-state index in [4.69, 9.17) is 0 Å². The number of hydrogen-bond acceptors (Lipinski definition) is 6. The zero-order valence-electron chi connectivity index (χ0n) is 15.6. The fourth-order valence-corrected chi connectivity index (χ4v) is 4.65. The van der Waals surface area contributed by atoms with Crippen LogP contribution < -0.4 is 11.0 Å². The van der Waals surface area contributed by atoms with E-state index in [1.54, 1.807) is 11.8 Å². The highest BCUT2D eigenvalue weighted by Crippen LogP contribution is 2.40. The average molecular weight is 369 g/mol. The summed E-state index contributed by atoms with van der Waals surface area (Å²) in [7, 11) is 0. The van der Waals surface area contributed by atoms with E-state index in [1.165, 1.54) is 10.9 Å². The van der Waals surface area contributed by atoms with Gasteiger partial charge in [-0.15, -0.1) is 11.8 Å². The Labute approximate surface area is 152 Å².